The Labute approximate surface area is 171 Å². The normalized spacial score (nSPS) is 15.9. The minimum atomic E-state index is -0.556. The van der Waals surface area contributed by atoms with Crippen molar-refractivity contribution in [3.05, 3.63) is 59.7 Å². The van der Waals surface area contributed by atoms with Crippen molar-refractivity contribution in [2.45, 2.75) is 52.5 Å². The SMILES string of the molecule is CC1Oc2ccc(CN(Cc3ccccc3)C(=O)OC(C)(C)C)cc2NC1=S. The van der Waals surface area contributed by atoms with Crippen molar-refractivity contribution in [1.82, 2.24) is 4.90 Å². The van der Waals surface area contributed by atoms with Crippen LogP contribution >= 0.6 is 12.2 Å². The van der Waals surface area contributed by atoms with Gasteiger partial charge in [-0.1, -0.05) is 48.6 Å². The van der Waals surface area contributed by atoms with Gasteiger partial charge in [0.25, 0.3) is 0 Å². The molecule has 0 bridgehead atoms. The second-order valence-electron chi connectivity index (χ2n) is 7.90. The Kier molecular flexibility index (Phi) is 5.89. The second-order valence-corrected chi connectivity index (χ2v) is 8.34. The predicted molar refractivity (Wildman–Crippen MR) is 115 cm³/mol. The molecule has 0 aromatic heterocycles. The van der Waals surface area contributed by atoms with Crippen LogP contribution < -0.4 is 10.1 Å². The fourth-order valence-electron chi connectivity index (χ4n) is 2.89. The average Bonchev–Trinajstić information content (AvgIpc) is 2.62. The van der Waals surface area contributed by atoms with Crippen molar-refractivity contribution in [2.24, 2.45) is 0 Å². The average molecular weight is 399 g/mol. The quantitative estimate of drug-likeness (QED) is 0.723. The highest BCUT2D eigenvalue weighted by Crippen LogP contribution is 2.31. The summed E-state index contributed by atoms with van der Waals surface area (Å²) in [6, 6.07) is 15.7. The molecule has 1 unspecified atom stereocenters. The Morgan fingerprint density at radius 3 is 2.50 bits per heavy atom. The highest BCUT2D eigenvalue weighted by molar-refractivity contribution is 7.80. The molecule has 1 amide bonds. The molecule has 1 aliphatic heterocycles. The molecule has 0 spiro atoms. The summed E-state index contributed by atoms with van der Waals surface area (Å²) in [7, 11) is 0. The van der Waals surface area contributed by atoms with Crippen LogP contribution in [0.5, 0.6) is 5.75 Å². The smallest absolute Gasteiger partial charge is 0.410 e. The fourth-order valence-corrected chi connectivity index (χ4v) is 3.05. The standard InChI is InChI=1S/C22H26N2O3S/c1-15-20(28)23-18-12-17(10-11-19(18)26-15)14-24(21(25)27-22(2,3)4)13-16-8-6-5-7-9-16/h5-12,15H,13-14H2,1-4H3,(H,23,28). The minimum absolute atomic E-state index is 0.148. The Morgan fingerprint density at radius 2 is 1.82 bits per heavy atom. The third-order valence-electron chi connectivity index (χ3n) is 4.22. The first kappa shape index (κ1) is 20.1. The van der Waals surface area contributed by atoms with Crippen molar-refractivity contribution in [2.75, 3.05) is 5.32 Å². The molecular formula is C22H26N2O3S. The predicted octanol–water partition coefficient (Wildman–Crippen LogP) is 5.14. The highest BCUT2D eigenvalue weighted by Gasteiger charge is 2.24. The van der Waals surface area contributed by atoms with E-state index in [4.69, 9.17) is 21.7 Å². The molecule has 2 aromatic rings. The van der Waals surface area contributed by atoms with Crippen molar-refractivity contribution < 1.29 is 14.3 Å². The van der Waals surface area contributed by atoms with Gasteiger partial charge in [-0.2, -0.15) is 0 Å². The molecule has 0 saturated heterocycles. The van der Waals surface area contributed by atoms with E-state index in [1.54, 1.807) is 4.90 Å². The number of hydrogen-bond donors (Lipinski definition) is 1. The van der Waals surface area contributed by atoms with Gasteiger partial charge >= 0.3 is 6.09 Å². The van der Waals surface area contributed by atoms with Crippen LogP contribution in [0, 0.1) is 0 Å². The Hall–Kier alpha value is -2.60. The molecule has 0 aliphatic carbocycles. The van der Waals surface area contributed by atoms with Gasteiger partial charge in [0.1, 0.15) is 22.4 Å². The lowest BCUT2D eigenvalue weighted by atomic mass is 10.1. The zero-order chi connectivity index (χ0) is 20.3. The Bertz CT molecular complexity index is 862. The van der Waals surface area contributed by atoms with Gasteiger partial charge in [-0.25, -0.2) is 4.79 Å². The van der Waals surface area contributed by atoms with E-state index >= 15 is 0 Å². The maximum absolute atomic E-state index is 12.8. The van der Waals surface area contributed by atoms with E-state index < -0.39 is 5.60 Å². The summed E-state index contributed by atoms with van der Waals surface area (Å²) in [4.78, 5) is 15.1. The number of nitrogens with zero attached hydrogens (tertiary/aromatic N) is 1. The second kappa shape index (κ2) is 8.19. The number of hydrogen-bond acceptors (Lipinski definition) is 4. The van der Waals surface area contributed by atoms with E-state index in [0.29, 0.717) is 18.1 Å². The van der Waals surface area contributed by atoms with E-state index in [0.717, 1.165) is 22.6 Å². The summed E-state index contributed by atoms with van der Waals surface area (Å²) in [6.07, 6.45) is -0.493. The van der Waals surface area contributed by atoms with Crippen LogP contribution in [0.4, 0.5) is 10.5 Å². The van der Waals surface area contributed by atoms with Crippen LogP contribution in [0.2, 0.25) is 0 Å². The Balaban J connectivity index is 1.81. The van der Waals surface area contributed by atoms with Gasteiger partial charge in [-0.3, -0.25) is 4.90 Å². The zero-order valence-corrected chi connectivity index (χ0v) is 17.5. The lowest BCUT2D eigenvalue weighted by Crippen LogP contribution is -2.36. The number of anilines is 1. The molecule has 6 heteroatoms. The van der Waals surface area contributed by atoms with Crippen LogP contribution in [0.15, 0.2) is 48.5 Å². The van der Waals surface area contributed by atoms with Crippen LogP contribution in [-0.4, -0.2) is 27.7 Å². The largest absolute Gasteiger partial charge is 0.481 e. The summed E-state index contributed by atoms with van der Waals surface area (Å²) < 4.78 is 11.4. The molecule has 3 rings (SSSR count). The molecule has 28 heavy (non-hydrogen) atoms. The number of carbonyl (C=O) groups is 1. The summed E-state index contributed by atoms with van der Waals surface area (Å²) in [5, 5.41) is 3.21. The summed E-state index contributed by atoms with van der Waals surface area (Å²) >= 11 is 5.30. The third-order valence-corrected chi connectivity index (χ3v) is 4.65. The van der Waals surface area contributed by atoms with E-state index in [9.17, 15) is 4.79 Å². The van der Waals surface area contributed by atoms with Crippen LogP contribution in [0.1, 0.15) is 38.8 Å². The first-order chi connectivity index (χ1) is 13.2. The van der Waals surface area contributed by atoms with Gasteiger partial charge in [-0.05, 0) is 51.0 Å². The van der Waals surface area contributed by atoms with Crippen molar-refractivity contribution in [3.8, 4) is 5.75 Å². The lowest BCUT2D eigenvalue weighted by Gasteiger charge is -2.29. The first-order valence-corrected chi connectivity index (χ1v) is 9.74. The topological polar surface area (TPSA) is 50.8 Å². The molecule has 1 atom stereocenters. The number of rotatable bonds is 4. The highest BCUT2D eigenvalue weighted by atomic mass is 32.1. The molecule has 1 aliphatic rings. The number of fused-ring (bicyclic) bond motifs is 1. The summed E-state index contributed by atoms with van der Waals surface area (Å²) in [5.41, 5.74) is 2.28. The molecule has 2 aromatic carbocycles. The van der Waals surface area contributed by atoms with Crippen LogP contribution in [0.3, 0.4) is 0 Å². The lowest BCUT2D eigenvalue weighted by molar-refractivity contribution is 0.0216. The van der Waals surface area contributed by atoms with Gasteiger partial charge < -0.3 is 14.8 Å². The number of amides is 1. The number of carbonyl (C=O) groups excluding carboxylic acids is 1. The molecule has 148 valence electrons. The van der Waals surface area contributed by atoms with Gasteiger partial charge in [0.2, 0.25) is 0 Å². The van der Waals surface area contributed by atoms with Crippen LogP contribution in [-0.2, 0) is 17.8 Å². The van der Waals surface area contributed by atoms with E-state index in [1.807, 2.05) is 76.2 Å². The summed E-state index contributed by atoms with van der Waals surface area (Å²) in [6.45, 7) is 8.40. The fraction of sp³-hybridized carbons (Fsp3) is 0.364. The van der Waals surface area contributed by atoms with Gasteiger partial charge in [0.15, 0.2) is 0 Å². The van der Waals surface area contributed by atoms with E-state index in [2.05, 4.69) is 5.32 Å². The molecular weight excluding hydrogens is 372 g/mol. The van der Waals surface area contributed by atoms with E-state index in [1.165, 1.54) is 0 Å². The Morgan fingerprint density at radius 1 is 1.14 bits per heavy atom. The molecule has 1 heterocycles. The number of ether oxygens (including phenoxy) is 2. The molecule has 0 radical (unpaired) electrons. The number of thiocarbonyl (C=S) groups is 1. The minimum Gasteiger partial charge on any atom is -0.481 e. The van der Waals surface area contributed by atoms with E-state index in [-0.39, 0.29) is 12.2 Å². The van der Waals surface area contributed by atoms with Crippen molar-refractivity contribution >= 4 is 29.0 Å². The molecule has 0 fully saturated rings. The van der Waals surface area contributed by atoms with Crippen molar-refractivity contribution in [1.29, 1.82) is 0 Å². The van der Waals surface area contributed by atoms with Gasteiger partial charge in [-0.15, -0.1) is 0 Å². The summed E-state index contributed by atoms with van der Waals surface area (Å²) in [5.74, 6) is 0.761. The van der Waals surface area contributed by atoms with Crippen molar-refractivity contribution in [3.63, 3.8) is 0 Å². The zero-order valence-electron chi connectivity index (χ0n) is 16.7. The maximum Gasteiger partial charge on any atom is 0.410 e. The van der Waals surface area contributed by atoms with Gasteiger partial charge in [0, 0.05) is 13.1 Å². The monoisotopic (exact) mass is 398 g/mol. The van der Waals surface area contributed by atoms with Gasteiger partial charge in [0.05, 0.1) is 5.69 Å². The molecule has 1 N–H and O–H groups in total. The number of benzene rings is 2. The maximum atomic E-state index is 12.8. The molecule has 5 nitrogen and oxygen atoms in total. The third kappa shape index (κ3) is 5.23. The number of nitrogens with one attached hydrogen (secondary N) is 1. The van der Waals surface area contributed by atoms with Crippen LogP contribution in [0.25, 0.3) is 0 Å². The molecule has 0 saturated carbocycles. The first-order valence-electron chi connectivity index (χ1n) is 9.33.